The number of rotatable bonds is 11. The van der Waals surface area contributed by atoms with Gasteiger partial charge in [0.25, 0.3) is 0 Å². The molecule has 4 aliphatic heterocycles. The van der Waals surface area contributed by atoms with Crippen molar-refractivity contribution in [3.05, 3.63) is 70.7 Å². The Kier molecular flexibility index (Phi) is 9.26. The van der Waals surface area contributed by atoms with Gasteiger partial charge in [-0.3, -0.25) is 14.8 Å². The summed E-state index contributed by atoms with van der Waals surface area (Å²) in [6.45, 7) is 10.8. The lowest BCUT2D eigenvalue weighted by atomic mass is 9.88. The first-order chi connectivity index (χ1) is 27.4. The third-order valence-corrected chi connectivity index (χ3v) is 12.5. The highest BCUT2D eigenvalue weighted by Crippen LogP contribution is 2.53. The van der Waals surface area contributed by atoms with Crippen molar-refractivity contribution in [2.75, 3.05) is 57.4 Å². The normalized spacial score (nSPS) is 21.9. The van der Waals surface area contributed by atoms with E-state index in [1.807, 2.05) is 11.8 Å². The van der Waals surface area contributed by atoms with Gasteiger partial charge in [-0.1, -0.05) is 31.2 Å². The van der Waals surface area contributed by atoms with Crippen molar-refractivity contribution in [3.8, 4) is 22.9 Å². The van der Waals surface area contributed by atoms with Gasteiger partial charge in [0.05, 0.1) is 31.5 Å². The van der Waals surface area contributed by atoms with E-state index in [1.54, 1.807) is 6.20 Å². The number of hydrogen-bond donors (Lipinski definition) is 2. The van der Waals surface area contributed by atoms with Crippen molar-refractivity contribution in [2.45, 2.75) is 83.2 Å². The summed E-state index contributed by atoms with van der Waals surface area (Å²) < 4.78 is 35.2. The van der Waals surface area contributed by atoms with Crippen LogP contribution in [0, 0.1) is 12.7 Å². The Bertz CT molecular complexity index is 2290. The topological polar surface area (TPSA) is 121 Å². The number of halogens is 1. The molecule has 5 aliphatic rings. The number of likely N-dealkylation sites (N-methyl/N-ethyl adjacent to an activating group) is 1. The molecule has 10 rings (SSSR count). The molecule has 1 amide bonds. The van der Waals surface area contributed by atoms with Crippen LogP contribution in [-0.4, -0.2) is 107 Å². The predicted octanol–water partition coefficient (Wildman–Crippen LogP) is 5.85. The Morgan fingerprint density at radius 2 is 1.82 bits per heavy atom. The molecule has 56 heavy (non-hydrogen) atoms. The number of carbonyl (C=O) groups is 1. The fourth-order valence-corrected chi connectivity index (χ4v) is 9.17. The summed E-state index contributed by atoms with van der Waals surface area (Å²) in [6.07, 6.45) is 6.41. The van der Waals surface area contributed by atoms with Crippen molar-refractivity contribution >= 4 is 33.5 Å². The van der Waals surface area contributed by atoms with Crippen LogP contribution < -0.4 is 19.7 Å². The van der Waals surface area contributed by atoms with Crippen LogP contribution >= 0.6 is 0 Å². The molecular formula is C43H49FN8O4. The minimum absolute atomic E-state index is 0.0549. The first kappa shape index (κ1) is 35.6. The average Bonchev–Trinajstić information content (AvgIpc) is 3.57. The number of carbonyl (C=O) groups excluding carboxylic acids is 1. The molecule has 3 aromatic carbocycles. The molecule has 0 radical (unpaired) electrons. The van der Waals surface area contributed by atoms with Crippen molar-refractivity contribution in [1.82, 2.24) is 35.3 Å². The first-order valence-electron chi connectivity index (χ1n) is 20.4. The average molecular weight is 761 g/mol. The number of hydrogen-bond acceptors (Lipinski definition) is 10. The van der Waals surface area contributed by atoms with E-state index in [9.17, 15) is 4.79 Å². The standard InChI is InChI=1S/C43H49FN8O4/c1-3-50-12-13-51(37(53)23-50)21-26-4-6-27(7-5-26)24-55-41-39(38-25(2)35(44)18-36-34(38)20-46-49-36)32(28-8-9-28)17-33-40(41)47-43(56-31-10-14-54-15-11-31)48-42(33)52-22-29-16-30(52)19-45-29/h4-7,17-18,20,28-31,45H,3,8-16,19,21-24H2,1-2H3,(H,46,49)/t29-,30-/m0/s1. The molecule has 1 saturated carbocycles. The van der Waals surface area contributed by atoms with E-state index in [4.69, 9.17) is 24.2 Å². The van der Waals surface area contributed by atoms with Crippen molar-refractivity contribution in [2.24, 2.45) is 0 Å². The van der Waals surface area contributed by atoms with Crippen LogP contribution in [0.5, 0.6) is 11.8 Å². The largest absolute Gasteiger partial charge is 0.486 e. The third kappa shape index (κ3) is 6.62. The monoisotopic (exact) mass is 760 g/mol. The molecule has 2 N–H and O–H groups in total. The van der Waals surface area contributed by atoms with E-state index >= 15 is 4.39 Å². The summed E-state index contributed by atoms with van der Waals surface area (Å²) in [4.78, 5) is 29.8. The number of nitrogens with zero attached hydrogens (tertiary/aromatic N) is 6. The van der Waals surface area contributed by atoms with E-state index in [2.05, 4.69) is 62.6 Å². The maximum atomic E-state index is 15.9. The summed E-state index contributed by atoms with van der Waals surface area (Å²) in [5.41, 5.74) is 6.64. The highest BCUT2D eigenvalue weighted by molar-refractivity contribution is 6.06. The molecular weight excluding hydrogens is 712 g/mol. The number of ether oxygens (including phenoxy) is 3. The predicted molar refractivity (Wildman–Crippen MR) is 212 cm³/mol. The summed E-state index contributed by atoms with van der Waals surface area (Å²) in [7, 11) is 0. The molecule has 4 saturated heterocycles. The van der Waals surface area contributed by atoms with Crippen LogP contribution in [0.25, 0.3) is 32.9 Å². The molecule has 2 bridgehead atoms. The highest BCUT2D eigenvalue weighted by atomic mass is 19.1. The number of H-pyrrole nitrogens is 1. The molecule has 0 spiro atoms. The SMILES string of the molecule is CCN1CCN(Cc2ccc(COc3c(-c4c(C)c(F)cc5[nH]ncc45)c(C4CC4)cc4c(N5C[C@@H]6C[C@H]5CN6)nc(OC5CCOCC5)nc34)cc2)C(=O)C1. The Morgan fingerprint density at radius 3 is 2.55 bits per heavy atom. The maximum Gasteiger partial charge on any atom is 0.319 e. The van der Waals surface area contributed by atoms with Crippen LogP contribution in [0.3, 0.4) is 0 Å². The number of anilines is 1. The lowest BCUT2D eigenvalue weighted by Crippen LogP contribution is -2.49. The van der Waals surface area contributed by atoms with Gasteiger partial charge in [0.15, 0.2) is 5.75 Å². The van der Waals surface area contributed by atoms with Gasteiger partial charge < -0.3 is 29.3 Å². The number of piperazine rings is 2. The molecule has 5 fully saturated rings. The van der Waals surface area contributed by atoms with E-state index in [1.165, 1.54) is 6.07 Å². The van der Waals surface area contributed by atoms with Crippen LogP contribution in [0.2, 0.25) is 0 Å². The lowest BCUT2D eigenvalue weighted by Gasteiger charge is -2.33. The van der Waals surface area contributed by atoms with E-state index < -0.39 is 0 Å². The van der Waals surface area contributed by atoms with Crippen molar-refractivity contribution in [3.63, 3.8) is 0 Å². The quantitative estimate of drug-likeness (QED) is 0.170. The number of aromatic amines is 1. The van der Waals surface area contributed by atoms with Gasteiger partial charge in [-0.05, 0) is 73.0 Å². The van der Waals surface area contributed by atoms with Gasteiger partial charge in [-0.25, -0.2) is 4.39 Å². The smallest absolute Gasteiger partial charge is 0.319 e. The molecule has 0 unspecified atom stereocenters. The zero-order chi connectivity index (χ0) is 37.9. The number of nitrogens with one attached hydrogen (secondary N) is 2. The fourth-order valence-electron chi connectivity index (χ4n) is 9.17. The molecule has 12 nitrogen and oxygen atoms in total. The Balaban J connectivity index is 1.09. The van der Waals surface area contributed by atoms with Crippen LogP contribution in [-0.2, 0) is 22.7 Å². The maximum absolute atomic E-state index is 15.9. The Hall–Kier alpha value is -4.85. The summed E-state index contributed by atoms with van der Waals surface area (Å²) in [5, 5.41) is 12.8. The first-order valence-corrected chi connectivity index (χ1v) is 20.4. The molecule has 292 valence electrons. The van der Waals surface area contributed by atoms with Crippen LogP contribution in [0.1, 0.15) is 67.2 Å². The third-order valence-electron chi connectivity index (χ3n) is 12.5. The van der Waals surface area contributed by atoms with Crippen molar-refractivity contribution in [1.29, 1.82) is 0 Å². The number of benzene rings is 3. The molecule has 1 aliphatic carbocycles. The number of aromatic nitrogens is 4. The molecule has 13 heteroatoms. The van der Waals surface area contributed by atoms with Gasteiger partial charge in [0, 0.05) is 79.5 Å². The van der Waals surface area contributed by atoms with E-state index in [-0.39, 0.29) is 24.4 Å². The minimum Gasteiger partial charge on any atom is -0.486 e. The van der Waals surface area contributed by atoms with Crippen molar-refractivity contribution < 1.29 is 23.4 Å². The number of fused-ring (bicyclic) bond motifs is 4. The van der Waals surface area contributed by atoms with Crippen LogP contribution in [0.15, 0.2) is 42.6 Å². The summed E-state index contributed by atoms with van der Waals surface area (Å²) >= 11 is 0. The second-order valence-electron chi connectivity index (χ2n) is 16.2. The summed E-state index contributed by atoms with van der Waals surface area (Å²) in [5.74, 6) is 1.63. The van der Waals surface area contributed by atoms with E-state index in [0.29, 0.717) is 72.7 Å². The highest BCUT2D eigenvalue weighted by Gasteiger charge is 2.41. The Morgan fingerprint density at radius 1 is 1.00 bits per heavy atom. The van der Waals surface area contributed by atoms with Crippen LogP contribution in [0.4, 0.5) is 10.2 Å². The van der Waals surface area contributed by atoms with E-state index in [0.717, 1.165) is 109 Å². The van der Waals surface area contributed by atoms with Gasteiger partial charge in [0.2, 0.25) is 5.91 Å². The lowest BCUT2D eigenvalue weighted by molar-refractivity contribution is -0.136. The van der Waals surface area contributed by atoms with Gasteiger partial charge in [-0.2, -0.15) is 15.1 Å². The van der Waals surface area contributed by atoms with Gasteiger partial charge in [-0.15, -0.1) is 0 Å². The van der Waals surface area contributed by atoms with Gasteiger partial charge >= 0.3 is 6.01 Å². The molecule has 5 aromatic rings. The summed E-state index contributed by atoms with van der Waals surface area (Å²) in [6, 6.07) is 13.2. The molecule has 2 aromatic heterocycles. The zero-order valence-electron chi connectivity index (χ0n) is 32.2. The van der Waals surface area contributed by atoms with Gasteiger partial charge in [0.1, 0.15) is 29.9 Å². The second kappa shape index (κ2) is 14.6. The number of amides is 1. The molecule has 6 heterocycles. The minimum atomic E-state index is -0.303. The zero-order valence-corrected chi connectivity index (χ0v) is 32.2. The Labute approximate surface area is 325 Å². The second-order valence-corrected chi connectivity index (χ2v) is 16.2. The molecule has 2 atom stereocenters. The fraction of sp³-hybridized carbons (Fsp3) is 0.488.